The Labute approximate surface area is 155 Å². The third-order valence-corrected chi connectivity index (χ3v) is 5.05. The Morgan fingerprint density at radius 3 is 2.80 bits per heavy atom. The number of aromatic amines is 1. The van der Waals surface area contributed by atoms with Crippen LogP contribution in [0.15, 0.2) is 45.8 Å². The number of hydrogen-bond donors (Lipinski definition) is 2. The maximum atomic E-state index is 13.0. The number of aryl methyl sites for hydroxylation is 1. The van der Waals surface area contributed by atoms with Crippen LogP contribution in [0, 0.1) is 12.7 Å². The average Bonchev–Trinajstić information content (AvgIpc) is 2.93. The fourth-order valence-electron chi connectivity index (χ4n) is 2.24. The van der Waals surface area contributed by atoms with E-state index in [9.17, 15) is 14.0 Å². The number of pyridine rings is 1. The second-order valence-electron chi connectivity index (χ2n) is 5.34. The maximum absolute atomic E-state index is 13.0. The zero-order chi connectivity index (χ0) is 18.0. The van der Waals surface area contributed by atoms with Gasteiger partial charge in [-0.05, 0) is 46.6 Å². The van der Waals surface area contributed by atoms with Crippen LogP contribution in [0.3, 0.4) is 0 Å². The standard InChI is InChI=1S/C17H13BrFN3O2S/c1-9-15(17(24)22-13-7-11(18)8-20-16(13)23)25-14(21-9)6-10-2-4-12(19)5-3-10/h2-5,7-8H,6H2,1H3,(H,20,23)(H,22,24). The largest absolute Gasteiger partial charge is 0.326 e. The number of H-pyrrole nitrogens is 1. The van der Waals surface area contributed by atoms with Crippen molar-refractivity contribution in [2.45, 2.75) is 13.3 Å². The summed E-state index contributed by atoms with van der Waals surface area (Å²) in [6.45, 7) is 1.74. The number of hydrogen-bond acceptors (Lipinski definition) is 4. The van der Waals surface area contributed by atoms with Crippen molar-refractivity contribution in [1.82, 2.24) is 9.97 Å². The number of carbonyl (C=O) groups excluding carboxylic acids is 1. The fraction of sp³-hybridized carbons (Fsp3) is 0.118. The van der Waals surface area contributed by atoms with Crippen molar-refractivity contribution >= 4 is 38.9 Å². The summed E-state index contributed by atoms with van der Waals surface area (Å²) in [5, 5.41) is 3.35. The molecule has 0 unspecified atom stereocenters. The summed E-state index contributed by atoms with van der Waals surface area (Å²) in [6, 6.07) is 7.69. The Morgan fingerprint density at radius 2 is 2.08 bits per heavy atom. The predicted octanol–water partition coefficient (Wildman–Crippen LogP) is 3.88. The molecule has 0 saturated heterocycles. The van der Waals surface area contributed by atoms with Crippen LogP contribution in [-0.2, 0) is 6.42 Å². The monoisotopic (exact) mass is 421 g/mol. The molecule has 2 aromatic heterocycles. The first-order chi connectivity index (χ1) is 11.9. The molecule has 0 spiro atoms. The number of carbonyl (C=O) groups is 1. The van der Waals surface area contributed by atoms with Crippen LogP contribution in [0.1, 0.15) is 25.9 Å². The smallest absolute Gasteiger partial charge is 0.271 e. The minimum Gasteiger partial charge on any atom is -0.326 e. The number of benzene rings is 1. The molecule has 3 rings (SSSR count). The van der Waals surface area contributed by atoms with Crippen LogP contribution in [0.5, 0.6) is 0 Å². The number of nitrogens with one attached hydrogen (secondary N) is 2. The van der Waals surface area contributed by atoms with Gasteiger partial charge in [-0.3, -0.25) is 9.59 Å². The third-order valence-electron chi connectivity index (χ3n) is 3.43. The van der Waals surface area contributed by atoms with Gasteiger partial charge in [0.2, 0.25) is 0 Å². The summed E-state index contributed by atoms with van der Waals surface area (Å²) in [5.41, 5.74) is 1.27. The van der Waals surface area contributed by atoms with Gasteiger partial charge in [0.15, 0.2) is 0 Å². The van der Waals surface area contributed by atoms with Crippen molar-refractivity contribution in [2.75, 3.05) is 5.32 Å². The highest BCUT2D eigenvalue weighted by Crippen LogP contribution is 2.22. The topological polar surface area (TPSA) is 74.8 Å². The minimum absolute atomic E-state index is 0.159. The van der Waals surface area contributed by atoms with E-state index in [0.29, 0.717) is 21.5 Å². The summed E-state index contributed by atoms with van der Waals surface area (Å²) in [7, 11) is 0. The van der Waals surface area contributed by atoms with Crippen molar-refractivity contribution in [3.8, 4) is 0 Å². The Kier molecular flexibility index (Phi) is 5.10. The van der Waals surface area contributed by atoms with Gasteiger partial charge in [-0.15, -0.1) is 11.3 Å². The number of thiazole rings is 1. The molecule has 1 amide bonds. The van der Waals surface area contributed by atoms with E-state index >= 15 is 0 Å². The molecule has 0 fully saturated rings. The summed E-state index contributed by atoms with van der Waals surface area (Å²) in [5.74, 6) is -0.678. The first kappa shape index (κ1) is 17.5. The van der Waals surface area contributed by atoms with Crippen molar-refractivity contribution in [3.63, 3.8) is 0 Å². The highest BCUT2D eigenvalue weighted by molar-refractivity contribution is 9.10. The molecule has 0 aliphatic carbocycles. The summed E-state index contributed by atoms with van der Waals surface area (Å²) >= 11 is 4.50. The molecule has 0 aliphatic heterocycles. The lowest BCUT2D eigenvalue weighted by Gasteiger charge is -2.03. The van der Waals surface area contributed by atoms with Gasteiger partial charge in [0.1, 0.15) is 16.4 Å². The quantitative estimate of drug-likeness (QED) is 0.670. The lowest BCUT2D eigenvalue weighted by Crippen LogP contribution is -2.19. The van der Waals surface area contributed by atoms with Gasteiger partial charge in [0.05, 0.1) is 10.7 Å². The number of amides is 1. The molecule has 5 nitrogen and oxygen atoms in total. The number of anilines is 1. The molecule has 0 atom stereocenters. The molecular formula is C17H13BrFN3O2S. The molecule has 128 valence electrons. The molecule has 2 N–H and O–H groups in total. The number of rotatable bonds is 4. The first-order valence-electron chi connectivity index (χ1n) is 7.32. The minimum atomic E-state index is -0.385. The molecule has 8 heteroatoms. The highest BCUT2D eigenvalue weighted by atomic mass is 79.9. The number of halogens is 2. The van der Waals surface area contributed by atoms with Crippen LogP contribution < -0.4 is 10.9 Å². The molecule has 0 radical (unpaired) electrons. The summed E-state index contributed by atoms with van der Waals surface area (Å²) in [6.07, 6.45) is 2.01. The molecule has 1 aromatic carbocycles. The molecular weight excluding hydrogens is 409 g/mol. The van der Waals surface area contributed by atoms with Crippen LogP contribution in [0.2, 0.25) is 0 Å². The Balaban J connectivity index is 1.79. The molecule has 25 heavy (non-hydrogen) atoms. The normalized spacial score (nSPS) is 10.7. The van der Waals surface area contributed by atoms with Gasteiger partial charge >= 0.3 is 0 Å². The van der Waals surface area contributed by atoms with Crippen molar-refractivity contribution in [1.29, 1.82) is 0 Å². The van der Waals surface area contributed by atoms with E-state index < -0.39 is 0 Å². The molecule has 2 heterocycles. The summed E-state index contributed by atoms with van der Waals surface area (Å²) in [4.78, 5) is 31.6. The van der Waals surface area contributed by atoms with Crippen LogP contribution in [0.25, 0.3) is 0 Å². The van der Waals surface area contributed by atoms with Crippen LogP contribution in [0.4, 0.5) is 10.1 Å². The summed E-state index contributed by atoms with van der Waals surface area (Å²) < 4.78 is 13.6. The third kappa shape index (κ3) is 4.21. The fourth-order valence-corrected chi connectivity index (χ4v) is 3.58. The van der Waals surface area contributed by atoms with Crippen LogP contribution >= 0.6 is 27.3 Å². The van der Waals surface area contributed by atoms with E-state index in [1.807, 2.05) is 0 Å². The van der Waals surface area contributed by atoms with E-state index in [1.165, 1.54) is 35.7 Å². The second-order valence-corrected chi connectivity index (χ2v) is 7.34. The predicted molar refractivity (Wildman–Crippen MR) is 98.8 cm³/mol. The van der Waals surface area contributed by atoms with Gasteiger partial charge in [-0.1, -0.05) is 12.1 Å². The first-order valence-corrected chi connectivity index (χ1v) is 8.93. The average molecular weight is 422 g/mol. The SMILES string of the molecule is Cc1nc(Cc2ccc(F)cc2)sc1C(=O)Nc1cc(Br)c[nH]c1=O. The van der Waals surface area contributed by atoms with E-state index in [0.717, 1.165) is 10.6 Å². The molecule has 3 aromatic rings. The van der Waals surface area contributed by atoms with Crippen molar-refractivity contribution in [2.24, 2.45) is 0 Å². The second kappa shape index (κ2) is 7.28. The van der Waals surface area contributed by atoms with Crippen molar-refractivity contribution in [3.05, 3.63) is 78.3 Å². The zero-order valence-electron chi connectivity index (χ0n) is 13.1. The van der Waals surface area contributed by atoms with E-state index in [1.54, 1.807) is 19.1 Å². The number of aromatic nitrogens is 2. The Bertz CT molecular complexity index is 982. The van der Waals surface area contributed by atoms with E-state index in [4.69, 9.17) is 0 Å². The zero-order valence-corrected chi connectivity index (χ0v) is 15.5. The highest BCUT2D eigenvalue weighted by Gasteiger charge is 2.17. The van der Waals surface area contributed by atoms with Gasteiger partial charge in [-0.2, -0.15) is 0 Å². The van der Waals surface area contributed by atoms with Gasteiger partial charge in [0.25, 0.3) is 11.5 Å². The molecule has 0 bridgehead atoms. The van der Waals surface area contributed by atoms with E-state index in [-0.39, 0.29) is 23.0 Å². The number of nitrogens with zero attached hydrogens (tertiary/aromatic N) is 1. The molecule has 0 aliphatic rings. The van der Waals surface area contributed by atoms with Gasteiger partial charge in [0, 0.05) is 17.1 Å². The van der Waals surface area contributed by atoms with Crippen molar-refractivity contribution < 1.29 is 9.18 Å². The Hall–Kier alpha value is -2.32. The lowest BCUT2D eigenvalue weighted by molar-refractivity contribution is 0.102. The van der Waals surface area contributed by atoms with E-state index in [2.05, 4.69) is 31.2 Å². The van der Waals surface area contributed by atoms with Crippen LogP contribution in [-0.4, -0.2) is 15.9 Å². The van der Waals surface area contributed by atoms with Gasteiger partial charge in [-0.25, -0.2) is 9.37 Å². The maximum Gasteiger partial charge on any atom is 0.271 e. The Morgan fingerprint density at radius 1 is 1.36 bits per heavy atom. The van der Waals surface area contributed by atoms with Gasteiger partial charge < -0.3 is 10.3 Å². The lowest BCUT2D eigenvalue weighted by atomic mass is 10.1. The molecule has 0 saturated carbocycles.